The Hall–Kier alpha value is -3.15. The van der Waals surface area contributed by atoms with Gasteiger partial charge in [-0.15, -0.1) is 0 Å². The maximum atomic E-state index is 13.8. The summed E-state index contributed by atoms with van der Waals surface area (Å²) in [5.41, 5.74) is 1.25. The van der Waals surface area contributed by atoms with Crippen LogP contribution in [0.4, 0.5) is 42.0 Å². The van der Waals surface area contributed by atoms with Crippen molar-refractivity contribution in [3.8, 4) is 0 Å². The van der Waals surface area contributed by atoms with Crippen LogP contribution in [0.2, 0.25) is 0 Å². The SMILES string of the molecule is C/C=S(/NC(C)(C)C)c1cccc(Nc2nc(Nc3ccc(N4CCN(C)CC4)cc3)ncc2C(F)(F)F)c1. The van der Waals surface area contributed by atoms with E-state index in [9.17, 15) is 13.2 Å². The number of halogens is 3. The van der Waals surface area contributed by atoms with E-state index in [4.69, 9.17) is 0 Å². The van der Waals surface area contributed by atoms with E-state index in [1.807, 2.05) is 54.8 Å². The van der Waals surface area contributed by atoms with Gasteiger partial charge in [-0.3, -0.25) is 4.72 Å². The molecular weight excluding hydrogens is 523 g/mol. The molecule has 1 aromatic heterocycles. The van der Waals surface area contributed by atoms with Gasteiger partial charge >= 0.3 is 6.18 Å². The molecule has 0 saturated carbocycles. The van der Waals surface area contributed by atoms with E-state index in [0.29, 0.717) is 11.4 Å². The first-order valence-corrected chi connectivity index (χ1v) is 14.1. The molecule has 0 bridgehead atoms. The Morgan fingerprint density at radius 2 is 1.62 bits per heavy atom. The van der Waals surface area contributed by atoms with Gasteiger partial charge in [0.1, 0.15) is 11.4 Å². The second-order valence-electron chi connectivity index (χ2n) is 10.5. The van der Waals surface area contributed by atoms with Crippen molar-refractivity contribution in [3.63, 3.8) is 0 Å². The molecule has 3 N–H and O–H groups in total. The summed E-state index contributed by atoms with van der Waals surface area (Å²) >= 11 is 0. The maximum absolute atomic E-state index is 13.8. The first-order chi connectivity index (χ1) is 18.4. The highest BCUT2D eigenvalue weighted by molar-refractivity contribution is 8.13. The number of benzene rings is 2. The number of rotatable bonds is 7. The van der Waals surface area contributed by atoms with E-state index >= 15 is 0 Å². The largest absolute Gasteiger partial charge is 0.421 e. The van der Waals surface area contributed by atoms with Crippen LogP contribution < -0.4 is 20.3 Å². The maximum Gasteiger partial charge on any atom is 0.421 e. The minimum Gasteiger partial charge on any atom is -0.369 e. The second kappa shape index (κ2) is 11.9. The molecule has 0 aliphatic carbocycles. The van der Waals surface area contributed by atoms with Gasteiger partial charge in [-0.25, -0.2) is 4.98 Å². The number of hydrogen-bond acceptors (Lipinski definition) is 7. The molecular formula is C28H36F3N7S. The van der Waals surface area contributed by atoms with Crippen molar-refractivity contribution in [2.75, 3.05) is 48.8 Å². The van der Waals surface area contributed by atoms with Crippen LogP contribution in [0.25, 0.3) is 0 Å². The molecule has 3 aromatic rings. The van der Waals surface area contributed by atoms with Crippen molar-refractivity contribution in [1.29, 1.82) is 0 Å². The first-order valence-electron chi connectivity index (χ1n) is 12.8. The highest BCUT2D eigenvalue weighted by Gasteiger charge is 2.35. The summed E-state index contributed by atoms with van der Waals surface area (Å²) in [6.45, 7) is 12.1. The van der Waals surface area contributed by atoms with E-state index in [2.05, 4.69) is 62.9 Å². The number of nitrogens with one attached hydrogen (secondary N) is 3. The number of hydrogen-bond donors (Lipinski definition) is 3. The van der Waals surface area contributed by atoms with Crippen molar-refractivity contribution in [2.24, 2.45) is 0 Å². The number of piperazine rings is 1. The Morgan fingerprint density at radius 3 is 2.23 bits per heavy atom. The zero-order valence-electron chi connectivity index (χ0n) is 22.9. The summed E-state index contributed by atoms with van der Waals surface area (Å²) in [5, 5.41) is 7.97. The van der Waals surface area contributed by atoms with Gasteiger partial charge in [-0.2, -0.15) is 18.2 Å². The summed E-state index contributed by atoms with van der Waals surface area (Å²) in [7, 11) is 1.73. The molecule has 39 heavy (non-hydrogen) atoms. The van der Waals surface area contributed by atoms with Gasteiger partial charge in [0.05, 0.1) is 0 Å². The van der Waals surface area contributed by atoms with Gasteiger partial charge in [0.2, 0.25) is 5.95 Å². The third kappa shape index (κ3) is 7.93. The topological polar surface area (TPSA) is 68.4 Å². The number of likely N-dealkylation sites (N-methyl/N-ethyl adjacent to an activating group) is 1. The van der Waals surface area contributed by atoms with Crippen LogP contribution in [0, 0.1) is 0 Å². The van der Waals surface area contributed by atoms with Crippen LogP contribution in [0.1, 0.15) is 33.3 Å². The van der Waals surface area contributed by atoms with Crippen molar-refractivity contribution < 1.29 is 13.2 Å². The van der Waals surface area contributed by atoms with Crippen LogP contribution in [0.15, 0.2) is 59.6 Å². The molecule has 11 heteroatoms. The van der Waals surface area contributed by atoms with Crippen LogP contribution in [0.5, 0.6) is 0 Å². The quantitative estimate of drug-likeness (QED) is 0.286. The lowest BCUT2D eigenvalue weighted by molar-refractivity contribution is -0.137. The number of nitrogens with zero attached hydrogens (tertiary/aromatic N) is 4. The third-order valence-electron chi connectivity index (χ3n) is 6.09. The standard InChI is InChI=1S/C28H36F3N7S/c1-6-39(36-27(2,3)4)23-9-7-8-21(18-23)33-25-24(28(29,30)31)19-32-26(35-25)34-20-10-12-22(13-11-20)38-16-14-37(5)15-17-38/h6-13,18-19,36H,14-17H2,1-5H3,(H2,32,33,34,35). The predicted molar refractivity (Wildman–Crippen MR) is 157 cm³/mol. The molecule has 210 valence electrons. The normalized spacial score (nSPS) is 15.8. The highest BCUT2D eigenvalue weighted by Crippen LogP contribution is 2.36. The van der Waals surface area contributed by atoms with Crippen molar-refractivity contribution in [1.82, 2.24) is 19.6 Å². The molecule has 1 fully saturated rings. The van der Waals surface area contributed by atoms with E-state index in [-0.39, 0.29) is 28.0 Å². The fourth-order valence-electron chi connectivity index (χ4n) is 4.13. The number of aromatic nitrogens is 2. The lowest BCUT2D eigenvalue weighted by atomic mass is 10.1. The average molecular weight is 560 g/mol. The van der Waals surface area contributed by atoms with Crippen molar-refractivity contribution in [3.05, 3.63) is 60.3 Å². The molecule has 0 spiro atoms. The van der Waals surface area contributed by atoms with Gasteiger partial charge < -0.3 is 20.4 Å². The Kier molecular flexibility index (Phi) is 8.83. The molecule has 1 atom stereocenters. The second-order valence-corrected chi connectivity index (χ2v) is 12.3. The summed E-state index contributed by atoms with van der Waals surface area (Å²) < 4.78 is 45.1. The van der Waals surface area contributed by atoms with E-state index < -0.39 is 11.7 Å². The molecule has 7 nitrogen and oxygen atoms in total. The van der Waals surface area contributed by atoms with Crippen LogP contribution >= 0.6 is 10.7 Å². The monoisotopic (exact) mass is 559 g/mol. The molecule has 1 unspecified atom stereocenters. The van der Waals surface area contributed by atoms with Gasteiger partial charge in [0.15, 0.2) is 0 Å². The Balaban J connectivity index is 1.55. The minimum atomic E-state index is -4.61. The zero-order valence-corrected chi connectivity index (χ0v) is 23.7. The molecule has 0 amide bonds. The van der Waals surface area contributed by atoms with Gasteiger partial charge in [0, 0.05) is 59.9 Å². The highest BCUT2D eigenvalue weighted by atomic mass is 32.2. The molecule has 1 aliphatic heterocycles. The minimum absolute atomic E-state index is 0.0741. The molecule has 1 saturated heterocycles. The van der Waals surface area contributed by atoms with Crippen molar-refractivity contribution in [2.45, 2.75) is 44.3 Å². The smallest absolute Gasteiger partial charge is 0.369 e. The molecule has 4 rings (SSSR count). The molecule has 1 aliphatic rings. The average Bonchev–Trinajstić information content (AvgIpc) is 2.87. The Morgan fingerprint density at radius 1 is 0.923 bits per heavy atom. The van der Waals surface area contributed by atoms with Gasteiger partial charge in [-0.05, 0) is 82.6 Å². The summed E-state index contributed by atoms with van der Waals surface area (Å²) in [6.07, 6.45) is -3.80. The molecule has 2 aromatic carbocycles. The third-order valence-corrected chi connectivity index (χ3v) is 8.15. The van der Waals surface area contributed by atoms with Crippen LogP contribution in [-0.4, -0.2) is 59.0 Å². The number of anilines is 5. The molecule has 0 radical (unpaired) electrons. The van der Waals surface area contributed by atoms with Crippen LogP contribution in [0.3, 0.4) is 0 Å². The van der Waals surface area contributed by atoms with Crippen molar-refractivity contribution >= 4 is 44.9 Å². The Labute approximate surface area is 230 Å². The summed E-state index contributed by atoms with van der Waals surface area (Å²) in [4.78, 5) is 13.7. The summed E-state index contributed by atoms with van der Waals surface area (Å²) in [6, 6.07) is 15.1. The van der Waals surface area contributed by atoms with E-state index in [1.165, 1.54) is 0 Å². The molecule has 2 heterocycles. The first kappa shape index (κ1) is 28.8. The fraction of sp³-hybridized carbons (Fsp3) is 0.393. The summed E-state index contributed by atoms with van der Waals surface area (Å²) in [5.74, 6) is -0.236. The zero-order chi connectivity index (χ0) is 28.2. The fourth-order valence-corrected chi connectivity index (χ4v) is 5.77. The van der Waals surface area contributed by atoms with Gasteiger partial charge in [0.25, 0.3) is 0 Å². The van der Waals surface area contributed by atoms with E-state index in [1.54, 1.807) is 6.07 Å². The van der Waals surface area contributed by atoms with Gasteiger partial charge in [-0.1, -0.05) is 16.7 Å². The Bertz CT molecular complexity index is 1300. The number of alkyl halides is 3. The van der Waals surface area contributed by atoms with E-state index in [0.717, 1.165) is 43.0 Å². The lowest BCUT2D eigenvalue weighted by Crippen LogP contribution is -2.44. The van der Waals surface area contributed by atoms with Crippen LogP contribution in [-0.2, 0) is 6.18 Å². The lowest BCUT2D eigenvalue weighted by Gasteiger charge is -2.34. The predicted octanol–water partition coefficient (Wildman–Crippen LogP) is 6.49.